The minimum absolute atomic E-state index is 0.0537. The third kappa shape index (κ3) is 4.23. The van der Waals surface area contributed by atoms with Gasteiger partial charge in [0.15, 0.2) is 0 Å². The Bertz CT molecular complexity index is 1150. The summed E-state index contributed by atoms with van der Waals surface area (Å²) in [5, 5.41) is 5.88. The summed E-state index contributed by atoms with van der Waals surface area (Å²) in [5.74, 6) is -0.0537. The Morgan fingerprint density at radius 3 is 2.07 bits per heavy atom. The zero-order valence-corrected chi connectivity index (χ0v) is 17.0. The molecule has 1 heterocycles. The van der Waals surface area contributed by atoms with Gasteiger partial charge in [-0.25, -0.2) is 5.01 Å². The highest BCUT2D eigenvalue weighted by atomic mass is 35.5. The Kier molecular flexibility index (Phi) is 5.47. The average molecular weight is 424 g/mol. The van der Waals surface area contributed by atoms with Crippen molar-refractivity contribution in [3.05, 3.63) is 102 Å². The molecule has 0 bridgehead atoms. The van der Waals surface area contributed by atoms with Gasteiger partial charge >= 0.3 is 0 Å². The molecule has 0 radical (unpaired) electrons. The molecular weight excluding hydrogens is 406 g/mol. The molecular formula is C22H18ClN3O2S. The van der Waals surface area contributed by atoms with Crippen LogP contribution in [0.4, 0.5) is 0 Å². The van der Waals surface area contributed by atoms with Crippen LogP contribution in [0.15, 0.2) is 105 Å². The standard InChI is InChI=1S/C22H18ClN3O2S/c23-22(25-29(27,28)19-14-8-3-9-15-19)26-16-20(17-10-4-1-5-11-17)21(24-26)18-12-6-2-7-13-18/h1-15,20H,16H2. The molecule has 0 aliphatic carbocycles. The normalized spacial score (nSPS) is 17.3. The van der Waals surface area contributed by atoms with Gasteiger partial charge in [0.25, 0.3) is 10.0 Å². The Morgan fingerprint density at radius 2 is 1.45 bits per heavy atom. The summed E-state index contributed by atoms with van der Waals surface area (Å²) >= 11 is 6.32. The van der Waals surface area contributed by atoms with E-state index in [2.05, 4.69) is 9.50 Å². The molecule has 1 aliphatic rings. The van der Waals surface area contributed by atoms with E-state index in [-0.39, 0.29) is 16.1 Å². The number of benzene rings is 3. The van der Waals surface area contributed by atoms with Gasteiger partial charge in [-0.1, -0.05) is 78.9 Å². The second kappa shape index (κ2) is 8.19. The van der Waals surface area contributed by atoms with Gasteiger partial charge in [0.2, 0.25) is 5.29 Å². The number of nitrogens with zero attached hydrogens (tertiary/aromatic N) is 3. The molecule has 146 valence electrons. The largest absolute Gasteiger partial charge is 0.285 e. The van der Waals surface area contributed by atoms with Gasteiger partial charge in [-0.05, 0) is 34.9 Å². The van der Waals surface area contributed by atoms with Gasteiger partial charge < -0.3 is 0 Å². The SMILES string of the molecule is O=S(=O)(N=C(Cl)N1CC(c2ccccc2)C(c2ccccc2)=N1)c1ccccc1. The molecule has 0 fully saturated rings. The summed E-state index contributed by atoms with van der Waals surface area (Å²) in [5.41, 5.74) is 2.86. The second-order valence-corrected chi connectivity index (χ2v) is 8.49. The summed E-state index contributed by atoms with van der Waals surface area (Å²) in [6.07, 6.45) is 0. The maximum Gasteiger partial charge on any atom is 0.285 e. The lowest BCUT2D eigenvalue weighted by Crippen LogP contribution is -2.23. The van der Waals surface area contributed by atoms with Crippen molar-refractivity contribution in [3.63, 3.8) is 0 Å². The minimum Gasteiger partial charge on any atom is -0.236 e. The fraction of sp³-hybridized carbons (Fsp3) is 0.0909. The number of hydrazone groups is 1. The van der Waals surface area contributed by atoms with E-state index in [9.17, 15) is 8.42 Å². The summed E-state index contributed by atoms with van der Waals surface area (Å²) in [6, 6.07) is 27.7. The second-order valence-electron chi connectivity index (χ2n) is 6.55. The first kappa shape index (κ1) is 19.4. The lowest BCUT2D eigenvalue weighted by atomic mass is 9.91. The lowest BCUT2D eigenvalue weighted by molar-refractivity contribution is 0.483. The van der Waals surface area contributed by atoms with Crippen LogP contribution in [0, 0.1) is 0 Å². The van der Waals surface area contributed by atoms with Gasteiger partial charge in [0.05, 0.1) is 17.2 Å². The first-order valence-corrected chi connectivity index (χ1v) is 10.9. The third-order valence-electron chi connectivity index (χ3n) is 4.64. The van der Waals surface area contributed by atoms with Crippen molar-refractivity contribution < 1.29 is 8.42 Å². The molecule has 0 saturated carbocycles. The molecule has 1 atom stereocenters. The smallest absolute Gasteiger partial charge is 0.236 e. The first-order valence-electron chi connectivity index (χ1n) is 9.06. The number of halogens is 1. The number of hydrogen-bond donors (Lipinski definition) is 0. The van der Waals surface area contributed by atoms with Crippen LogP contribution in [0.5, 0.6) is 0 Å². The fourth-order valence-corrected chi connectivity index (χ4v) is 4.50. The van der Waals surface area contributed by atoms with Crippen LogP contribution in [0.25, 0.3) is 0 Å². The van der Waals surface area contributed by atoms with Gasteiger partial charge in [0, 0.05) is 5.92 Å². The molecule has 3 aromatic carbocycles. The Hall–Kier alpha value is -2.96. The summed E-state index contributed by atoms with van der Waals surface area (Å²) in [4.78, 5) is 0.0872. The van der Waals surface area contributed by atoms with Crippen molar-refractivity contribution >= 4 is 32.6 Å². The third-order valence-corrected chi connectivity index (χ3v) is 6.30. The van der Waals surface area contributed by atoms with Crippen LogP contribution >= 0.6 is 11.6 Å². The average Bonchev–Trinajstić information content (AvgIpc) is 3.21. The van der Waals surface area contributed by atoms with Crippen molar-refractivity contribution in [2.75, 3.05) is 6.54 Å². The van der Waals surface area contributed by atoms with Crippen molar-refractivity contribution in [1.82, 2.24) is 5.01 Å². The van der Waals surface area contributed by atoms with Crippen molar-refractivity contribution in [2.45, 2.75) is 10.8 Å². The predicted molar refractivity (Wildman–Crippen MR) is 116 cm³/mol. The number of sulfonamides is 1. The molecule has 0 amide bonds. The van der Waals surface area contributed by atoms with Crippen molar-refractivity contribution in [2.24, 2.45) is 9.50 Å². The summed E-state index contributed by atoms with van der Waals surface area (Å²) < 4.78 is 28.9. The molecule has 7 heteroatoms. The maximum absolute atomic E-state index is 12.6. The van der Waals surface area contributed by atoms with Crippen LogP contribution in [0.2, 0.25) is 0 Å². The van der Waals surface area contributed by atoms with Gasteiger partial charge in [-0.2, -0.15) is 13.5 Å². The van der Waals surface area contributed by atoms with Gasteiger partial charge in [-0.3, -0.25) is 0 Å². The Labute approximate surface area is 175 Å². The Balaban J connectivity index is 1.70. The summed E-state index contributed by atoms with van der Waals surface area (Å²) in [6.45, 7) is 0.404. The molecule has 0 saturated heterocycles. The van der Waals surface area contributed by atoms with Crippen molar-refractivity contribution in [3.8, 4) is 0 Å². The highest BCUT2D eigenvalue weighted by Crippen LogP contribution is 2.29. The molecule has 0 aromatic heterocycles. The maximum atomic E-state index is 12.6. The minimum atomic E-state index is -3.92. The highest BCUT2D eigenvalue weighted by Gasteiger charge is 2.31. The van der Waals surface area contributed by atoms with E-state index >= 15 is 0 Å². The molecule has 4 rings (SSSR count). The van der Waals surface area contributed by atoms with Crippen LogP contribution in [-0.4, -0.2) is 31.0 Å². The monoisotopic (exact) mass is 423 g/mol. The first-order chi connectivity index (χ1) is 14.0. The van der Waals surface area contributed by atoms with E-state index in [1.54, 1.807) is 18.2 Å². The van der Waals surface area contributed by atoms with E-state index in [0.717, 1.165) is 16.8 Å². The number of amidine groups is 1. The highest BCUT2D eigenvalue weighted by molar-refractivity contribution is 7.90. The fourth-order valence-electron chi connectivity index (χ4n) is 3.22. The van der Waals surface area contributed by atoms with Gasteiger partial charge in [-0.15, -0.1) is 4.40 Å². The zero-order valence-electron chi connectivity index (χ0n) is 15.4. The molecule has 0 N–H and O–H groups in total. The van der Waals surface area contributed by atoms with E-state index in [0.29, 0.717) is 6.54 Å². The quantitative estimate of drug-likeness (QED) is 0.353. The molecule has 0 spiro atoms. The summed E-state index contributed by atoms with van der Waals surface area (Å²) in [7, 11) is -3.92. The molecule has 1 aliphatic heterocycles. The van der Waals surface area contributed by atoms with E-state index in [1.165, 1.54) is 17.1 Å². The van der Waals surface area contributed by atoms with Gasteiger partial charge in [0.1, 0.15) is 0 Å². The van der Waals surface area contributed by atoms with Crippen molar-refractivity contribution in [1.29, 1.82) is 0 Å². The van der Waals surface area contributed by atoms with E-state index in [1.807, 2.05) is 60.7 Å². The van der Waals surface area contributed by atoms with Crippen LogP contribution in [0.1, 0.15) is 17.0 Å². The Morgan fingerprint density at radius 1 is 0.897 bits per heavy atom. The van der Waals surface area contributed by atoms with Crippen LogP contribution < -0.4 is 0 Å². The molecule has 1 unspecified atom stereocenters. The molecule has 29 heavy (non-hydrogen) atoms. The zero-order chi connectivity index (χ0) is 20.3. The number of rotatable bonds is 4. The lowest BCUT2D eigenvalue weighted by Gasteiger charge is -2.15. The predicted octanol–water partition coefficient (Wildman–Crippen LogP) is 4.47. The van der Waals surface area contributed by atoms with Crippen LogP contribution in [-0.2, 0) is 10.0 Å². The number of hydrogen-bond acceptors (Lipinski definition) is 3. The molecule has 5 nitrogen and oxygen atoms in total. The van der Waals surface area contributed by atoms with Crippen LogP contribution in [0.3, 0.4) is 0 Å². The molecule has 3 aromatic rings. The van der Waals surface area contributed by atoms with E-state index in [4.69, 9.17) is 11.6 Å². The van der Waals surface area contributed by atoms with E-state index < -0.39 is 10.0 Å². The topological polar surface area (TPSA) is 62.1 Å².